The molecule has 1 aromatic carbocycles. The fraction of sp³-hybridized carbons (Fsp3) is 0.167. The number of rotatable bonds is 5. The van der Waals surface area contributed by atoms with Gasteiger partial charge in [-0.3, -0.25) is 4.98 Å². The van der Waals surface area contributed by atoms with Crippen LogP contribution in [0.15, 0.2) is 54.9 Å². The van der Waals surface area contributed by atoms with Crippen LogP contribution in [0.3, 0.4) is 0 Å². The van der Waals surface area contributed by atoms with Gasteiger partial charge in [-0.2, -0.15) is 0 Å². The highest BCUT2D eigenvalue weighted by molar-refractivity contribution is 5.65. The van der Waals surface area contributed by atoms with Gasteiger partial charge in [-0.25, -0.2) is 14.4 Å². The van der Waals surface area contributed by atoms with Crippen LogP contribution in [0.4, 0.5) is 21.7 Å². The van der Waals surface area contributed by atoms with Crippen LogP contribution in [0.2, 0.25) is 0 Å². The molecule has 0 saturated carbocycles. The van der Waals surface area contributed by atoms with E-state index in [0.717, 1.165) is 11.8 Å². The number of pyridine rings is 1. The molecule has 0 unspecified atom stereocenters. The minimum atomic E-state index is -0.434. The molecule has 0 aliphatic rings. The van der Waals surface area contributed by atoms with Gasteiger partial charge in [0.1, 0.15) is 11.6 Å². The highest BCUT2D eigenvalue weighted by Crippen LogP contribution is 2.23. The Hall–Kier alpha value is -3.02. The van der Waals surface area contributed by atoms with Crippen molar-refractivity contribution in [3.8, 4) is 11.4 Å². The smallest absolute Gasteiger partial charge is 0.164 e. The Bertz CT molecular complexity index is 821. The SMILES string of the molecule is CC(C)Nc1cc(Nc2ccncc2F)nc(-c2ccccc2)n1. The molecule has 3 rings (SSSR count). The van der Waals surface area contributed by atoms with Crippen molar-refractivity contribution in [3.05, 3.63) is 60.7 Å². The highest BCUT2D eigenvalue weighted by Gasteiger charge is 2.09. The van der Waals surface area contributed by atoms with E-state index in [1.54, 1.807) is 12.1 Å². The Morgan fingerprint density at radius 2 is 1.75 bits per heavy atom. The average Bonchev–Trinajstić information content (AvgIpc) is 2.57. The Labute approximate surface area is 140 Å². The second-order valence-corrected chi connectivity index (χ2v) is 5.61. The van der Waals surface area contributed by atoms with Crippen molar-refractivity contribution in [3.63, 3.8) is 0 Å². The zero-order chi connectivity index (χ0) is 16.9. The second kappa shape index (κ2) is 7.04. The van der Waals surface area contributed by atoms with E-state index in [1.807, 2.05) is 44.2 Å². The summed E-state index contributed by atoms with van der Waals surface area (Å²) in [6.07, 6.45) is 2.69. The van der Waals surface area contributed by atoms with E-state index in [4.69, 9.17) is 0 Å². The summed E-state index contributed by atoms with van der Waals surface area (Å²) in [5, 5.41) is 6.25. The van der Waals surface area contributed by atoms with Gasteiger partial charge >= 0.3 is 0 Å². The number of nitrogens with one attached hydrogen (secondary N) is 2. The van der Waals surface area contributed by atoms with Crippen LogP contribution in [0.25, 0.3) is 11.4 Å². The number of hydrogen-bond donors (Lipinski definition) is 2. The molecule has 122 valence electrons. The molecule has 2 N–H and O–H groups in total. The van der Waals surface area contributed by atoms with Crippen LogP contribution in [0.5, 0.6) is 0 Å². The summed E-state index contributed by atoms with van der Waals surface area (Å²) in [5.74, 6) is 1.32. The van der Waals surface area contributed by atoms with E-state index < -0.39 is 5.82 Å². The minimum Gasteiger partial charge on any atom is -0.368 e. The zero-order valence-electron chi connectivity index (χ0n) is 13.5. The van der Waals surface area contributed by atoms with Gasteiger partial charge in [0, 0.05) is 23.9 Å². The van der Waals surface area contributed by atoms with Gasteiger partial charge < -0.3 is 10.6 Å². The molecule has 0 aliphatic carbocycles. The molecule has 0 saturated heterocycles. The summed E-state index contributed by atoms with van der Waals surface area (Å²) in [5.41, 5.74) is 1.21. The fourth-order valence-corrected chi connectivity index (χ4v) is 2.21. The van der Waals surface area contributed by atoms with Crippen LogP contribution < -0.4 is 10.6 Å². The number of benzene rings is 1. The van der Waals surface area contributed by atoms with Crippen molar-refractivity contribution in [2.24, 2.45) is 0 Å². The molecule has 0 amide bonds. The van der Waals surface area contributed by atoms with E-state index in [9.17, 15) is 4.39 Å². The molecule has 0 fully saturated rings. The van der Waals surface area contributed by atoms with Gasteiger partial charge in [0.15, 0.2) is 11.6 Å². The first-order valence-corrected chi connectivity index (χ1v) is 7.69. The summed E-state index contributed by atoms with van der Waals surface area (Å²) < 4.78 is 13.8. The van der Waals surface area contributed by atoms with E-state index in [2.05, 4.69) is 25.6 Å². The Balaban J connectivity index is 2.00. The van der Waals surface area contributed by atoms with Crippen molar-refractivity contribution in [2.75, 3.05) is 10.6 Å². The number of hydrogen-bond acceptors (Lipinski definition) is 5. The number of aromatic nitrogens is 3. The van der Waals surface area contributed by atoms with Crippen molar-refractivity contribution < 1.29 is 4.39 Å². The summed E-state index contributed by atoms with van der Waals surface area (Å²) in [4.78, 5) is 12.8. The lowest BCUT2D eigenvalue weighted by Crippen LogP contribution is -2.12. The van der Waals surface area contributed by atoms with E-state index in [0.29, 0.717) is 23.1 Å². The van der Waals surface area contributed by atoms with Gasteiger partial charge in [0.2, 0.25) is 0 Å². The molecule has 2 aromatic heterocycles. The molecule has 3 aromatic rings. The van der Waals surface area contributed by atoms with Gasteiger partial charge in [-0.15, -0.1) is 0 Å². The topological polar surface area (TPSA) is 62.7 Å². The van der Waals surface area contributed by atoms with E-state index >= 15 is 0 Å². The molecule has 0 spiro atoms. The second-order valence-electron chi connectivity index (χ2n) is 5.61. The molecule has 0 radical (unpaired) electrons. The monoisotopic (exact) mass is 323 g/mol. The lowest BCUT2D eigenvalue weighted by atomic mass is 10.2. The van der Waals surface area contributed by atoms with Crippen LogP contribution >= 0.6 is 0 Å². The standard InChI is InChI=1S/C18H18FN5/c1-12(2)21-16-10-17(22-15-8-9-20-11-14(15)19)24-18(23-16)13-6-4-3-5-7-13/h3-12H,1-2H3,(H2,20,21,22,23,24). The highest BCUT2D eigenvalue weighted by atomic mass is 19.1. The van der Waals surface area contributed by atoms with Crippen molar-refractivity contribution in [1.29, 1.82) is 0 Å². The fourth-order valence-electron chi connectivity index (χ4n) is 2.21. The first-order valence-electron chi connectivity index (χ1n) is 7.69. The first-order chi connectivity index (χ1) is 11.6. The van der Waals surface area contributed by atoms with E-state index in [1.165, 1.54) is 6.20 Å². The average molecular weight is 323 g/mol. The molecule has 2 heterocycles. The van der Waals surface area contributed by atoms with Crippen molar-refractivity contribution in [1.82, 2.24) is 15.0 Å². The Morgan fingerprint density at radius 1 is 1.00 bits per heavy atom. The summed E-state index contributed by atoms with van der Waals surface area (Å²) >= 11 is 0. The molecule has 24 heavy (non-hydrogen) atoms. The summed E-state index contributed by atoms with van der Waals surface area (Å²) in [7, 11) is 0. The quantitative estimate of drug-likeness (QED) is 0.735. The molecule has 6 heteroatoms. The molecule has 5 nitrogen and oxygen atoms in total. The third-order valence-corrected chi connectivity index (χ3v) is 3.23. The van der Waals surface area contributed by atoms with Gasteiger partial charge in [-0.1, -0.05) is 30.3 Å². The predicted octanol–water partition coefficient (Wildman–Crippen LogP) is 4.24. The number of halogens is 1. The maximum absolute atomic E-state index is 13.8. The Kier molecular flexibility index (Phi) is 4.65. The maximum atomic E-state index is 13.8. The normalized spacial score (nSPS) is 10.7. The van der Waals surface area contributed by atoms with Gasteiger partial charge in [-0.05, 0) is 19.9 Å². The minimum absolute atomic E-state index is 0.217. The number of anilines is 3. The van der Waals surface area contributed by atoms with Crippen LogP contribution in [-0.4, -0.2) is 21.0 Å². The first kappa shape index (κ1) is 15.9. The third-order valence-electron chi connectivity index (χ3n) is 3.23. The lowest BCUT2D eigenvalue weighted by Gasteiger charge is -2.13. The van der Waals surface area contributed by atoms with Crippen LogP contribution in [0.1, 0.15) is 13.8 Å². The zero-order valence-corrected chi connectivity index (χ0v) is 13.5. The molecular formula is C18H18FN5. The summed E-state index contributed by atoms with van der Waals surface area (Å²) in [6.45, 7) is 4.06. The van der Waals surface area contributed by atoms with Crippen LogP contribution in [-0.2, 0) is 0 Å². The predicted molar refractivity (Wildman–Crippen MR) is 93.7 cm³/mol. The van der Waals surface area contributed by atoms with Gasteiger partial charge in [0.25, 0.3) is 0 Å². The summed E-state index contributed by atoms with van der Waals surface area (Å²) in [6, 6.07) is 13.2. The molecule has 0 aliphatic heterocycles. The molecule has 0 atom stereocenters. The Morgan fingerprint density at radius 3 is 2.46 bits per heavy atom. The van der Waals surface area contributed by atoms with Crippen molar-refractivity contribution in [2.45, 2.75) is 19.9 Å². The lowest BCUT2D eigenvalue weighted by molar-refractivity contribution is 0.625. The number of nitrogens with zero attached hydrogens (tertiary/aromatic N) is 3. The largest absolute Gasteiger partial charge is 0.368 e. The molecular weight excluding hydrogens is 305 g/mol. The van der Waals surface area contributed by atoms with E-state index in [-0.39, 0.29) is 6.04 Å². The van der Waals surface area contributed by atoms with Crippen molar-refractivity contribution >= 4 is 17.3 Å². The maximum Gasteiger partial charge on any atom is 0.164 e. The van der Waals surface area contributed by atoms with Gasteiger partial charge in [0.05, 0.1) is 11.9 Å². The van der Waals surface area contributed by atoms with Crippen LogP contribution in [0, 0.1) is 5.82 Å². The third kappa shape index (κ3) is 3.84. The molecule has 0 bridgehead atoms.